The highest BCUT2D eigenvalue weighted by atomic mass is 16.5. The van der Waals surface area contributed by atoms with Gasteiger partial charge in [-0.2, -0.15) is 0 Å². The third-order valence-electron chi connectivity index (χ3n) is 6.86. The van der Waals surface area contributed by atoms with Gasteiger partial charge in [-0.05, 0) is 63.1 Å². The Morgan fingerprint density at radius 3 is 2.61 bits per heavy atom. The lowest BCUT2D eigenvalue weighted by Crippen LogP contribution is -2.41. The molecule has 28 heavy (non-hydrogen) atoms. The van der Waals surface area contributed by atoms with Gasteiger partial charge in [0.2, 0.25) is 5.91 Å². The fourth-order valence-electron chi connectivity index (χ4n) is 4.68. The molecule has 0 atom stereocenters. The lowest BCUT2D eigenvalue weighted by atomic mass is 9.75. The largest absolute Gasteiger partial charge is 0.491 e. The molecule has 1 aromatic rings. The zero-order valence-electron chi connectivity index (χ0n) is 16.9. The summed E-state index contributed by atoms with van der Waals surface area (Å²) >= 11 is 0. The van der Waals surface area contributed by atoms with E-state index in [-0.39, 0.29) is 17.9 Å². The van der Waals surface area contributed by atoms with E-state index in [0.29, 0.717) is 19.1 Å². The Hall–Kier alpha value is -1.59. The average Bonchev–Trinajstić information content (AvgIpc) is 3.57. The first kappa shape index (κ1) is 19.7. The predicted molar refractivity (Wildman–Crippen MR) is 109 cm³/mol. The summed E-state index contributed by atoms with van der Waals surface area (Å²) in [7, 11) is 0. The van der Waals surface area contributed by atoms with Gasteiger partial charge in [-0.3, -0.25) is 9.69 Å². The SMILES string of the molecule is O=C(C1CC1)N1CCCCC2(CO)CCN(CC2)Cc2ccccc2OCC1. The van der Waals surface area contributed by atoms with Crippen LogP contribution in [0.1, 0.15) is 50.5 Å². The number of hydrogen-bond donors (Lipinski definition) is 1. The van der Waals surface area contributed by atoms with Crippen LogP contribution in [0.4, 0.5) is 0 Å². The summed E-state index contributed by atoms with van der Waals surface area (Å²) in [6, 6.07) is 8.28. The van der Waals surface area contributed by atoms with Crippen molar-refractivity contribution in [2.45, 2.75) is 51.5 Å². The molecule has 1 aliphatic carbocycles. The average molecular weight is 387 g/mol. The molecular formula is C23H34N2O3. The molecule has 1 saturated heterocycles. The lowest BCUT2D eigenvalue weighted by Gasteiger charge is -2.41. The van der Waals surface area contributed by atoms with E-state index in [1.165, 1.54) is 5.56 Å². The molecule has 5 heteroatoms. The van der Waals surface area contributed by atoms with Crippen molar-refractivity contribution in [2.24, 2.45) is 11.3 Å². The van der Waals surface area contributed by atoms with Gasteiger partial charge in [-0.25, -0.2) is 0 Å². The summed E-state index contributed by atoms with van der Waals surface area (Å²) in [5, 5.41) is 10.1. The second-order valence-electron chi connectivity index (χ2n) is 8.95. The first-order chi connectivity index (χ1) is 13.7. The number of carbonyl (C=O) groups is 1. The van der Waals surface area contributed by atoms with Gasteiger partial charge in [0.05, 0.1) is 6.54 Å². The van der Waals surface area contributed by atoms with Crippen molar-refractivity contribution in [1.29, 1.82) is 0 Å². The van der Waals surface area contributed by atoms with Gasteiger partial charge < -0.3 is 14.7 Å². The van der Waals surface area contributed by atoms with Crippen LogP contribution in [0.25, 0.3) is 0 Å². The Balaban J connectivity index is 1.50. The molecule has 0 aromatic heterocycles. The van der Waals surface area contributed by atoms with Gasteiger partial charge in [-0.15, -0.1) is 0 Å². The highest BCUT2D eigenvalue weighted by molar-refractivity contribution is 5.81. The Kier molecular flexibility index (Phi) is 6.22. The summed E-state index contributed by atoms with van der Waals surface area (Å²) in [6.07, 6.45) is 7.35. The van der Waals surface area contributed by atoms with Gasteiger partial charge >= 0.3 is 0 Å². The van der Waals surface area contributed by atoms with E-state index in [1.807, 2.05) is 17.0 Å². The second kappa shape index (κ2) is 8.83. The Morgan fingerprint density at radius 2 is 1.86 bits per heavy atom. The minimum atomic E-state index is 0.0675. The molecule has 3 aliphatic heterocycles. The van der Waals surface area contributed by atoms with Crippen molar-refractivity contribution in [1.82, 2.24) is 9.80 Å². The van der Waals surface area contributed by atoms with Crippen molar-refractivity contribution < 1.29 is 14.6 Å². The van der Waals surface area contributed by atoms with Crippen LogP contribution >= 0.6 is 0 Å². The zero-order chi connectivity index (χ0) is 19.4. The molecule has 154 valence electrons. The van der Waals surface area contributed by atoms with Crippen LogP contribution in [0.3, 0.4) is 0 Å². The number of ether oxygens (including phenoxy) is 1. The van der Waals surface area contributed by atoms with Crippen molar-refractivity contribution in [3.8, 4) is 5.75 Å². The molecule has 0 spiro atoms. The van der Waals surface area contributed by atoms with Crippen LogP contribution in [0.15, 0.2) is 24.3 Å². The highest BCUT2D eigenvalue weighted by Crippen LogP contribution is 2.37. The number of amides is 1. The third kappa shape index (κ3) is 4.69. The Morgan fingerprint density at radius 1 is 1.07 bits per heavy atom. The maximum absolute atomic E-state index is 12.7. The van der Waals surface area contributed by atoms with Gasteiger partial charge in [0, 0.05) is 31.2 Å². The van der Waals surface area contributed by atoms with E-state index < -0.39 is 0 Å². The molecule has 4 aliphatic rings. The van der Waals surface area contributed by atoms with Crippen LogP contribution in [0.5, 0.6) is 5.75 Å². The fraction of sp³-hybridized carbons (Fsp3) is 0.696. The number of para-hydroxylation sites is 1. The van der Waals surface area contributed by atoms with Gasteiger partial charge in [0.1, 0.15) is 12.4 Å². The third-order valence-corrected chi connectivity index (χ3v) is 6.86. The zero-order valence-corrected chi connectivity index (χ0v) is 16.9. The van der Waals surface area contributed by atoms with E-state index in [9.17, 15) is 9.90 Å². The molecule has 3 heterocycles. The van der Waals surface area contributed by atoms with Crippen LogP contribution in [0.2, 0.25) is 0 Å². The first-order valence-corrected chi connectivity index (χ1v) is 11.0. The maximum atomic E-state index is 12.7. The molecule has 5 nitrogen and oxygen atoms in total. The normalized spacial score (nSPS) is 29.3. The molecule has 1 N–H and O–H groups in total. The molecule has 2 fully saturated rings. The van der Waals surface area contributed by atoms with Crippen molar-refractivity contribution in [3.63, 3.8) is 0 Å². The Bertz CT molecular complexity index is 666. The number of benzene rings is 1. The predicted octanol–water partition coefficient (Wildman–Crippen LogP) is 3.06. The van der Waals surface area contributed by atoms with Crippen molar-refractivity contribution >= 4 is 5.91 Å². The van der Waals surface area contributed by atoms with Crippen LogP contribution in [0, 0.1) is 11.3 Å². The number of piperidine rings is 1. The van der Waals surface area contributed by atoms with Gasteiger partial charge in [0.25, 0.3) is 0 Å². The Labute approximate surface area is 168 Å². The number of nitrogens with zero attached hydrogens (tertiary/aromatic N) is 2. The van der Waals surface area contributed by atoms with Crippen molar-refractivity contribution in [2.75, 3.05) is 39.4 Å². The fourth-order valence-corrected chi connectivity index (χ4v) is 4.68. The van der Waals surface area contributed by atoms with E-state index in [2.05, 4.69) is 17.0 Å². The summed E-state index contributed by atoms with van der Waals surface area (Å²) in [5.41, 5.74) is 1.28. The minimum Gasteiger partial charge on any atom is -0.491 e. The maximum Gasteiger partial charge on any atom is 0.225 e. The minimum absolute atomic E-state index is 0.0675. The topological polar surface area (TPSA) is 53.0 Å². The molecular weight excluding hydrogens is 352 g/mol. The lowest BCUT2D eigenvalue weighted by molar-refractivity contribution is -0.133. The summed E-state index contributed by atoms with van der Waals surface area (Å²) in [4.78, 5) is 17.2. The monoisotopic (exact) mass is 386 g/mol. The second-order valence-corrected chi connectivity index (χ2v) is 8.95. The molecule has 2 bridgehead atoms. The first-order valence-electron chi connectivity index (χ1n) is 11.0. The van der Waals surface area contributed by atoms with E-state index in [1.54, 1.807) is 0 Å². The van der Waals surface area contributed by atoms with Gasteiger partial charge in [0.15, 0.2) is 0 Å². The summed E-state index contributed by atoms with van der Waals surface area (Å²) < 4.78 is 6.13. The molecule has 5 rings (SSSR count). The molecule has 0 unspecified atom stereocenters. The summed E-state index contributed by atoms with van der Waals surface area (Å²) in [5.74, 6) is 1.50. The molecule has 0 radical (unpaired) electrons. The number of aliphatic hydroxyl groups excluding tert-OH is 1. The van der Waals surface area contributed by atoms with E-state index in [4.69, 9.17) is 4.74 Å². The molecule has 1 aromatic carbocycles. The van der Waals surface area contributed by atoms with Crippen LogP contribution < -0.4 is 4.74 Å². The smallest absolute Gasteiger partial charge is 0.225 e. The highest BCUT2D eigenvalue weighted by Gasteiger charge is 2.35. The number of aliphatic hydroxyl groups is 1. The molecule has 1 amide bonds. The summed E-state index contributed by atoms with van der Waals surface area (Å²) in [6.45, 7) is 5.26. The number of hydrogen-bond acceptors (Lipinski definition) is 4. The number of rotatable bonds is 2. The standard InChI is InChI=1S/C23H34N2O3/c26-18-23-9-3-4-12-25(22(27)19-7-8-19)15-16-28-21-6-2-1-5-20(21)17-24(13-10-23)14-11-23/h1-2,5-6,19,26H,3-4,7-18H2. The van der Waals surface area contributed by atoms with Crippen LogP contribution in [-0.2, 0) is 11.3 Å². The number of carbonyl (C=O) groups excluding carboxylic acids is 1. The van der Waals surface area contributed by atoms with Crippen molar-refractivity contribution in [3.05, 3.63) is 29.8 Å². The molecule has 1 saturated carbocycles. The van der Waals surface area contributed by atoms with E-state index >= 15 is 0 Å². The number of fused-ring (bicyclic) bond motifs is 9. The van der Waals surface area contributed by atoms with E-state index in [0.717, 1.165) is 76.9 Å². The van der Waals surface area contributed by atoms with Gasteiger partial charge in [-0.1, -0.05) is 24.6 Å². The van der Waals surface area contributed by atoms with Crippen LogP contribution in [-0.4, -0.2) is 60.2 Å². The quantitative estimate of drug-likeness (QED) is 0.849.